The summed E-state index contributed by atoms with van der Waals surface area (Å²) in [4.78, 5) is 16.6. The molecule has 0 fully saturated rings. The molecule has 2 heterocycles. The summed E-state index contributed by atoms with van der Waals surface area (Å²) in [6, 6.07) is 15.2. The molecule has 0 aliphatic rings. The zero-order chi connectivity index (χ0) is 17.6. The molecule has 0 spiro atoms. The van der Waals surface area contributed by atoms with Crippen molar-refractivity contribution >= 4 is 5.91 Å². The summed E-state index contributed by atoms with van der Waals surface area (Å²) in [6.07, 6.45) is 3.05. The molecule has 1 aromatic carbocycles. The highest BCUT2D eigenvalue weighted by Crippen LogP contribution is 2.12. The normalized spacial score (nSPS) is 11.9. The summed E-state index contributed by atoms with van der Waals surface area (Å²) in [5.74, 6) is 0.398. The zero-order valence-corrected chi connectivity index (χ0v) is 14.0. The van der Waals surface area contributed by atoms with Crippen LogP contribution in [0.3, 0.4) is 0 Å². The summed E-state index contributed by atoms with van der Waals surface area (Å²) in [5.41, 5.74) is 2.20. The number of nitrogens with one attached hydrogen (secondary N) is 1. The number of benzene rings is 1. The molecule has 25 heavy (non-hydrogen) atoms. The van der Waals surface area contributed by atoms with Crippen LogP contribution in [0, 0.1) is 6.92 Å². The molecule has 6 nitrogen and oxygen atoms in total. The molecule has 0 bridgehead atoms. The van der Waals surface area contributed by atoms with Crippen LogP contribution < -0.4 is 5.32 Å². The van der Waals surface area contributed by atoms with Crippen LogP contribution >= 0.6 is 0 Å². The highest BCUT2D eigenvalue weighted by Gasteiger charge is 2.16. The first-order valence-electron chi connectivity index (χ1n) is 8.11. The van der Waals surface area contributed by atoms with Gasteiger partial charge in [0.25, 0.3) is 5.91 Å². The van der Waals surface area contributed by atoms with Gasteiger partial charge >= 0.3 is 0 Å². The first-order valence-corrected chi connectivity index (χ1v) is 8.11. The van der Waals surface area contributed by atoms with E-state index in [1.807, 2.05) is 55.5 Å². The minimum Gasteiger partial charge on any atom is -0.391 e. The van der Waals surface area contributed by atoms with Crippen molar-refractivity contribution in [3.8, 4) is 5.82 Å². The van der Waals surface area contributed by atoms with E-state index in [4.69, 9.17) is 0 Å². The van der Waals surface area contributed by atoms with Crippen LogP contribution in [0.15, 0.2) is 60.9 Å². The van der Waals surface area contributed by atoms with E-state index in [0.717, 1.165) is 5.56 Å². The van der Waals surface area contributed by atoms with Crippen molar-refractivity contribution in [3.63, 3.8) is 0 Å². The number of amides is 1. The maximum Gasteiger partial charge on any atom is 0.254 e. The van der Waals surface area contributed by atoms with Crippen molar-refractivity contribution in [2.45, 2.75) is 19.4 Å². The third-order valence-corrected chi connectivity index (χ3v) is 3.93. The predicted octanol–water partition coefficient (Wildman–Crippen LogP) is 1.91. The number of hydrogen-bond acceptors (Lipinski definition) is 4. The van der Waals surface area contributed by atoms with Crippen molar-refractivity contribution in [3.05, 3.63) is 77.7 Å². The third kappa shape index (κ3) is 4.10. The Bertz CT molecular complexity index is 831. The van der Waals surface area contributed by atoms with E-state index in [2.05, 4.69) is 15.4 Å². The van der Waals surface area contributed by atoms with Crippen LogP contribution in [-0.4, -0.2) is 38.4 Å². The van der Waals surface area contributed by atoms with Gasteiger partial charge in [0.15, 0.2) is 5.82 Å². The van der Waals surface area contributed by atoms with Gasteiger partial charge in [0.2, 0.25) is 0 Å². The Kier molecular flexibility index (Phi) is 5.20. The Morgan fingerprint density at radius 2 is 1.96 bits per heavy atom. The highest BCUT2D eigenvalue weighted by atomic mass is 16.3. The molecule has 3 rings (SSSR count). The van der Waals surface area contributed by atoms with Gasteiger partial charge in [-0.2, -0.15) is 5.10 Å². The second kappa shape index (κ2) is 7.72. The number of hydrogen-bond donors (Lipinski definition) is 2. The first-order chi connectivity index (χ1) is 12.1. The van der Waals surface area contributed by atoms with E-state index in [-0.39, 0.29) is 12.5 Å². The average Bonchev–Trinajstić information content (AvgIpc) is 3.03. The van der Waals surface area contributed by atoms with Crippen LogP contribution in [0.4, 0.5) is 0 Å². The molecule has 128 valence electrons. The van der Waals surface area contributed by atoms with Gasteiger partial charge in [-0.15, -0.1) is 0 Å². The third-order valence-electron chi connectivity index (χ3n) is 3.93. The quantitative estimate of drug-likeness (QED) is 0.721. The summed E-state index contributed by atoms with van der Waals surface area (Å²) in [6.45, 7) is 2.00. The molecule has 0 aliphatic heterocycles. The van der Waals surface area contributed by atoms with Crippen molar-refractivity contribution in [2.75, 3.05) is 6.54 Å². The maximum atomic E-state index is 12.4. The topological polar surface area (TPSA) is 80.0 Å². The Morgan fingerprint density at radius 3 is 2.68 bits per heavy atom. The van der Waals surface area contributed by atoms with Crippen molar-refractivity contribution < 1.29 is 9.90 Å². The Balaban J connectivity index is 1.61. The fraction of sp³-hybridized carbons (Fsp3) is 0.211. The van der Waals surface area contributed by atoms with Crippen molar-refractivity contribution in [2.24, 2.45) is 0 Å². The number of aliphatic hydroxyl groups is 1. The molecule has 1 atom stereocenters. The summed E-state index contributed by atoms with van der Waals surface area (Å²) < 4.78 is 1.62. The molecule has 3 aromatic rings. The van der Waals surface area contributed by atoms with Gasteiger partial charge in [-0.3, -0.25) is 4.79 Å². The summed E-state index contributed by atoms with van der Waals surface area (Å²) in [7, 11) is 0. The first kappa shape index (κ1) is 16.9. The molecule has 2 N–H and O–H groups in total. The van der Waals surface area contributed by atoms with Gasteiger partial charge in [0.05, 0.1) is 23.6 Å². The lowest BCUT2D eigenvalue weighted by molar-refractivity contribution is 0.0915. The van der Waals surface area contributed by atoms with Gasteiger partial charge in [0.1, 0.15) is 0 Å². The predicted molar refractivity (Wildman–Crippen MR) is 94.6 cm³/mol. The Hall–Kier alpha value is -2.99. The minimum atomic E-state index is -0.641. The molecule has 0 saturated heterocycles. The standard InChI is InChI=1S/C19H20N4O2/c1-14-17(13-22-23(14)18-9-5-6-10-20-18)19(25)21-12-16(24)11-15-7-3-2-4-8-15/h2-10,13,16,24H,11-12H2,1H3,(H,21,25). The molecule has 1 amide bonds. The highest BCUT2D eigenvalue weighted by molar-refractivity contribution is 5.95. The molecule has 0 aliphatic carbocycles. The molecule has 1 unspecified atom stereocenters. The second-order valence-electron chi connectivity index (χ2n) is 5.80. The second-order valence-corrected chi connectivity index (χ2v) is 5.80. The van der Waals surface area contributed by atoms with Crippen molar-refractivity contribution in [1.29, 1.82) is 0 Å². The smallest absolute Gasteiger partial charge is 0.254 e. The fourth-order valence-corrected chi connectivity index (χ4v) is 2.61. The molecule has 0 saturated carbocycles. The van der Waals surface area contributed by atoms with Crippen LogP contribution in [0.1, 0.15) is 21.6 Å². The monoisotopic (exact) mass is 336 g/mol. The molecule has 2 aromatic heterocycles. The number of nitrogens with zero attached hydrogens (tertiary/aromatic N) is 3. The van der Waals surface area contributed by atoms with Gasteiger partial charge in [-0.05, 0) is 24.6 Å². The minimum absolute atomic E-state index is 0.182. The molecule has 6 heteroatoms. The van der Waals surface area contributed by atoms with E-state index in [0.29, 0.717) is 23.5 Å². The number of aliphatic hydroxyl groups excluding tert-OH is 1. The van der Waals surface area contributed by atoms with Crippen molar-refractivity contribution in [1.82, 2.24) is 20.1 Å². The Morgan fingerprint density at radius 1 is 1.20 bits per heavy atom. The number of aromatic nitrogens is 3. The van der Waals surface area contributed by atoms with E-state index in [1.54, 1.807) is 10.9 Å². The van der Waals surface area contributed by atoms with E-state index in [1.165, 1.54) is 6.20 Å². The van der Waals surface area contributed by atoms with Crippen LogP contribution in [0.2, 0.25) is 0 Å². The number of carbonyl (C=O) groups excluding carboxylic acids is 1. The van der Waals surface area contributed by atoms with Gasteiger partial charge in [0, 0.05) is 19.2 Å². The van der Waals surface area contributed by atoms with Crippen LogP contribution in [0.5, 0.6) is 0 Å². The average molecular weight is 336 g/mol. The SMILES string of the molecule is Cc1c(C(=O)NCC(O)Cc2ccccc2)cnn1-c1ccccn1. The van der Waals surface area contributed by atoms with Gasteiger partial charge in [-0.1, -0.05) is 36.4 Å². The number of pyridine rings is 1. The molecule has 0 radical (unpaired) electrons. The van der Waals surface area contributed by atoms with Crippen LogP contribution in [-0.2, 0) is 6.42 Å². The van der Waals surface area contributed by atoms with E-state index >= 15 is 0 Å². The molecular formula is C19H20N4O2. The zero-order valence-electron chi connectivity index (χ0n) is 14.0. The Labute approximate surface area is 146 Å². The summed E-state index contributed by atoms with van der Waals surface area (Å²) in [5, 5.41) is 17.1. The lowest BCUT2D eigenvalue weighted by Gasteiger charge is -2.12. The van der Waals surface area contributed by atoms with Gasteiger partial charge < -0.3 is 10.4 Å². The fourth-order valence-electron chi connectivity index (χ4n) is 2.61. The summed E-state index contributed by atoms with van der Waals surface area (Å²) >= 11 is 0. The van der Waals surface area contributed by atoms with E-state index < -0.39 is 6.10 Å². The lowest BCUT2D eigenvalue weighted by Crippen LogP contribution is -2.33. The largest absolute Gasteiger partial charge is 0.391 e. The van der Waals surface area contributed by atoms with E-state index in [9.17, 15) is 9.90 Å². The number of rotatable bonds is 6. The lowest BCUT2D eigenvalue weighted by atomic mass is 10.1. The molecular weight excluding hydrogens is 316 g/mol. The van der Waals surface area contributed by atoms with Gasteiger partial charge in [-0.25, -0.2) is 9.67 Å². The van der Waals surface area contributed by atoms with Crippen LogP contribution in [0.25, 0.3) is 5.82 Å². The number of carbonyl (C=O) groups is 1. The maximum absolute atomic E-state index is 12.4.